The second kappa shape index (κ2) is 9.68. The summed E-state index contributed by atoms with van der Waals surface area (Å²) in [6.45, 7) is 6.71. The van der Waals surface area contributed by atoms with Gasteiger partial charge in [-0.3, -0.25) is 14.7 Å². The van der Waals surface area contributed by atoms with Gasteiger partial charge in [-0.25, -0.2) is 14.5 Å². The van der Waals surface area contributed by atoms with E-state index in [1.807, 2.05) is 37.4 Å². The molecule has 2 aliphatic rings. The van der Waals surface area contributed by atoms with E-state index in [9.17, 15) is 9.59 Å². The predicted octanol–water partition coefficient (Wildman–Crippen LogP) is 3.31. The molecule has 0 spiro atoms. The number of rotatable bonds is 6. The lowest BCUT2D eigenvalue weighted by atomic mass is 10.2. The van der Waals surface area contributed by atoms with Crippen LogP contribution in [0.4, 0.5) is 10.5 Å². The molecule has 2 amide bonds. The molecule has 4 aromatic rings. The summed E-state index contributed by atoms with van der Waals surface area (Å²) in [6, 6.07) is 5.88. The van der Waals surface area contributed by atoms with E-state index in [1.165, 1.54) is 23.3 Å². The lowest BCUT2D eigenvalue weighted by Crippen LogP contribution is -2.41. The summed E-state index contributed by atoms with van der Waals surface area (Å²) in [6.07, 6.45) is 9.31. The van der Waals surface area contributed by atoms with Gasteiger partial charge in [-0.2, -0.15) is 0 Å². The van der Waals surface area contributed by atoms with Gasteiger partial charge in [0.2, 0.25) is 0 Å². The molecule has 0 radical (unpaired) electrons. The Bertz CT molecular complexity index is 1550. The van der Waals surface area contributed by atoms with E-state index in [4.69, 9.17) is 9.47 Å². The molecule has 1 saturated carbocycles. The van der Waals surface area contributed by atoms with Crippen LogP contribution in [0, 0.1) is 0 Å². The fourth-order valence-corrected chi connectivity index (χ4v) is 4.46. The molecular formula is C27H30N8O4. The first kappa shape index (κ1) is 24.8. The lowest BCUT2D eigenvalue weighted by molar-refractivity contribution is 0.0567. The number of carbonyl (C=O) groups excluding carboxylic acids is 2. The maximum absolute atomic E-state index is 12.7. The molecule has 1 aliphatic carbocycles. The average Bonchev–Trinajstić information content (AvgIpc) is 3.51. The third-order valence-corrected chi connectivity index (χ3v) is 6.48. The molecule has 1 N–H and O–H groups in total. The van der Waals surface area contributed by atoms with Gasteiger partial charge in [0.15, 0.2) is 5.69 Å². The van der Waals surface area contributed by atoms with Gasteiger partial charge in [0.1, 0.15) is 29.3 Å². The molecule has 0 bridgehead atoms. The van der Waals surface area contributed by atoms with Gasteiger partial charge in [0.05, 0.1) is 43.4 Å². The Morgan fingerprint density at radius 1 is 1.15 bits per heavy atom. The Morgan fingerprint density at radius 3 is 2.79 bits per heavy atom. The summed E-state index contributed by atoms with van der Waals surface area (Å²) < 4.78 is 14.9. The zero-order valence-corrected chi connectivity index (χ0v) is 22.1. The van der Waals surface area contributed by atoms with E-state index in [2.05, 4.69) is 37.9 Å². The number of fused-ring (bicyclic) bond motifs is 2. The fraction of sp³-hybridized carbons (Fsp3) is 0.407. The molecule has 12 heteroatoms. The van der Waals surface area contributed by atoms with E-state index in [1.54, 1.807) is 23.1 Å². The summed E-state index contributed by atoms with van der Waals surface area (Å²) >= 11 is 0. The molecule has 6 rings (SSSR count). The van der Waals surface area contributed by atoms with Gasteiger partial charge in [-0.1, -0.05) is 11.3 Å². The van der Waals surface area contributed by atoms with Crippen molar-refractivity contribution in [3.63, 3.8) is 0 Å². The number of anilines is 1. The van der Waals surface area contributed by atoms with Gasteiger partial charge in [0, 0.05) is 18.5 Å². The Morgan fingerprint density at radius 2 is 2.00 bits per heavy atom. The Hall–Kier alpha value is -4.48. The molecule has 0 unspecified atom stereocenters. The summed E-state index contributed by atoms with van der Waals surface area (Å²) in [5.74, 6) is 0.808. The van der Waals surface area contributed by atoms with Gasteiger partial charge in [-0.15, -0.1) is 5.10 Å². The third kappa shape index (κ3) is 5.54. The minimum absolute atomic E-state index is 0.157. The molecule has 202 valence electrons. The monoisotopic (exact) mass is 530 g/mol. The lowest BCUT2D eigenvalue weighted by Gasteiger charge is -2.31. The highest BCUT2D eigenvalue weighted by atomic mass is 16.6. The SMILES string of the molecule is CC(C)(C)OC(=O)N1CCOc2cc(CNC(=O)c3cn(Cc4cn5cc(C6CC6)ccc5n4)nn3)ncc21. The largest absolute Gasteiger partial charge is 0.489 e. The predicted molar refractivity (Wildman–Crippen MR) is 141 cm³/mol. The summed E-state index contributed by atoms with van der Waals surface area (Å²) in [5.41, 5.74) is 3.75. The number of amides is 2. The number of aromatic nitrogens is 6. The number of pyridine rings is 2. The minimum atomic E-state index is -0.610. The van der Waals surface area contributed by atoms with Crippen molar-refractivity contribution in [3.8, 4) is 5.75 Å². The summed E-state index contributed by atoms with van der Waals surface area (Å²) in [4.78, 5) is 35.8. The van der Waals surface area contributed by atoms with Crippen LogP contribution in [-0.4, -0.2) is 60.1 Å². The van der Waals surface area contributed by atoms with E-state index in [-0.39, 0.29) is 18.1 Å². The van der Waals surface area contributed by atoms with Gasteiger partial charge in [0.25, 0.3) is 5.91 Å². The maximum atomic E-state index is 12.7. The van der Waals surface area contributed by atoms with Crippen LogP contribution >= 0.6 is 0 Å². The van der Waals surface area contributed by atoms with Crippen LogP contribution in [0.25, 0.3) is 5.65 Å². The van der Waals surface area contributed by atoms with Crippen molar-refractivity contribution in [3.05, 3.63) is 65.6 Å². The number of nitrogens with one attached hydrogen (secondary N) is 1. The molecular weight excluding hydrogens is 500 g/mol. The van der Waals surface area contributed by atoms with Crippen LogP contribution in [0.1, 0.15) is 67.0 Å². The average molecular weight is 531 g/mol. The first-order valence-electron chi connectivity index (χ1n) is 13.0. The van der Waals surface area contributed by atoms with Crippen LogP contribution in [0.2, 0.25) is 0 Å². The van der Waals surface area contributed by atoms with Crippen LogP contribution in [0.5, 0.6) is 5.75 Å². The first-order chi connectivity index (χ1) is 18.7. The highest BCUT2D eigenvalue weighted by Crippen LogP contribution is 2.40. The number of imidazole rings is 1. The Balaban J connectivity index is 1.07. The number of hydrogen-bond donors (Lipinski definition) is 1. The number of nitrogens with zero attached hydrogens (tertiary/aromatic N) is 7. The van der Waals surface area contributed by atoms with Crippen molar-refractivity contribution in [1.82, 2.24) is 34.7 Å². The highest BCUT2D eigenvalue weighted by Gasteiger charge is 2.29. The van der Waals surface area contributed by atoms with Crippen LogP contribution < -0.4 is 15.0 Å². The molecule has 5 heterocycles. The zero-order chi connectivity index (χ0) is 27.1. The molecule has 1 fully saturated rings. The Labute approximate surface area is 224 Å². The van der Waals surface area contributed by atoms with Gasteiger partial charge < -0.3 is 19.2 Å². The molecule has 39 heavy (non-hydrogen) atoms. The van der Waals surface area contributed by atoms with Crippen molar-refractivity contribution in [2.75, 3.05) is 18.1 Å². The van der Waals surface area contributed by atoms with Crippen molar-refractivity contribution < 1.29 is 19.1 Å². The van der Waals surface area contributed by atoms with Crippen molar-refractivity contribution in [2.45, 2.75) is 58.2 Å². The van der Waals surface area contributed by atoms with E-state index >= 15 is 0 Å². The van der Waals surface area contributed by atoms with Crippen LogP contribution in [0.3, 0.4) is 0 Å². The van der Waals surface area contributed by atoms with Crippen molar-refractivity contribution >= 4 is 23.3 Å². The molecule has 0 atom stereocenters. The van der Waals surface area contributed by atoms with Crippen LogP contribution in [-0.2, 0) is 17.8 Å². The minimum Gasteiger partial charge on any atom is -0.489 e. The van der Waals surface area contributed by atoms with E-state index in [0.717, 1.165) is 11.3 Å². The molecule has 1 aliphatic heterocycles. The topological polar surface area (TPSA) is 129 Å². The first-order valence-corrected chi connectivity index (χ1v) is 13.0. The Kier molecular flexibility index (Phi) is 6.16. The molecule has 12 nitrogen and oxygen atoms in total. The standard InChI is InChI=1S/C27H30N8O4/c1-27(2,3)39-26(37)35-8-9-38-23-10-19(28-12-22(23)35)11-29-25(36)21-16-34(32-31-21)15-20-14-33-13-18(17-4-5-17)6-7-24(33)30-20/h6-7,10,12-14,16-17H,4-5,8-9,11,15H2,1-3H3,(H,29,36). The van der Waals surface area contributed by atoms with Gasteiger partial charge >= 0.3 is 6.09 Å². The van der Waals surface area contributed by atoms with Crippen LogP contribution in [0.15, 0.2) is 43.0 Å². The summed E-state index contributed by atoms with van der Waals surface area (Å²) in [7, 11) is 0. The molecule has 4 aromatic heterocycles. The highest BCUT2D eigenvalue weighted by molar-refractivity contribution is 5.92. The van der Waals surface area contributed by atoms with E-state index in [0.29, 0.717) is 42.7 Å². The quantitative estimate of drug-likeness (QED) is 0.402. The summed E-state index contributed by atoms with van der Waals surface area (Å²) in [5, 5.41) is 10.9. The van der Waals surface area contributed by atoms with E-state index < -0.39 is 11.7 Å². The maximum Gasteiger partial charge on any atom is 0.415 e. The number of ether oxygens (including phenoxy) is 2. The van der Waals surface area contributed by atoms with Gasteiger partial charge in [-0.05, 0) is 51.2 Å². The second-order valence-corrected chi connectivity index (χ2v) is 10.8. The fourth-order valence-electron chi connectivity index (χ4n) is 4.46. The third-order valence-electron chi connectivity index (χ3n) is 6.48. The number of carbonyl (C=O) groups is 2. The van der Waals surface area contributed by atoms with Crippen molar-refractivity contribution in [1.29, 1.82) is 0 Å². The molecule has 0 saturated heterocycles. The number of hydrogen-bond acceptors (Lipinski definition) is 8. The normalized spacial score (nSPS) is 15.1. The molecule has 0 aromatic carbocycles. The zero-order valence-electron chi connectivity index (χ0n) is 22.1. The van der Waals surface area contributed by atoms with Crippen molar-refractivity contribution in [2.24, 2.45) is 0 Å². The second-order valence-electron chi connectivity index (χ2n) is 10.8. The smallest absolute Gasteiger partial charge is 0.415 e.